The molecule has 1 aromatic rings. The van der Waals surface area contributed by atoms with Gasteiger partial charge in [-0.25, -0.2) is 4.39 Å². The summed E-state index contributed by atoms with van der Waals surface area (Å²) in [4.78, 5) is 22.6. The summed E-state index contributed by atoms with van der Waals surface area (Å²) in [5.74, 6) is -0.848. The number of ketones is 1. The largest absolute Gasteiger partial charge is 0.469 e. The lowest BCUT2D eigenvalue weighted by Gasteiger charge is -2.02. The van der Waals surface area contributed by atoms with Crippen molar-refractivity contribution in [3.8, 4) is 0 Å². The number of Topliss-reactive ketones (excluding diaryl/α,β-unsaturated/α-hetero) is 1. The van der Waals surface area contributed by atoms with Gasteiger partial charge in [-0.05, 0) is 40.9 Å². The van der Waals surface area contributed by atoms with Crippen molar-refractivity contribution in [2.75, 3.05) is 7.11 Å². The molecular formula is C13H14BrFO3. The molecule has 0 bridgehead atoms. The lowest BCUT2D eigenvalue weighted by atomic mass is 10.0. The van der Waals surface area contributed by atoms with Gasteiger partial charge in [0.05, 0.1) is 11.6 Å². The van der Waals surface area contributed by atoms with Crippen molar-refractivity contribution in [1.82, 2.24) is 0 Å². The van der Waals surface area contributed by atoms with E-state index in [-0.39, 0.29) is 11.8 Å². The van der Waals surface area contributed by atoms with E-state index >= 15 is 0 Å². The maximum atomic E-state index is 13.2. The summed E-state index contributed by atoms with van der Waals surface area (Å²) in [6.45, 7) is 0. The van der Waals surface area contributed by atoms with Crippen LogP contribution in [0.25, 0.3) is 0 Å². The zero-order valence-corrected chi connectivity index (χ0v) is 11.6. The number of carbonyl (C=O) groups is 2. The Morgan fingerprint density at radius 3 is 2.56 bits per heavy atom. The molecule has 0 N–H and O–H groups in total. The average molecular weight is 317 g/mol. The van der Waals surface area contributed by atoms with Crippen molar-refractivity contribution >= 4 is 27.7 Å². The highest BCUT2D eigenvalue weighted by Gasteiger charge is 2.09. The van der Waals surface area contributed by atoms with Crippen LogP contribution in [0.2, 0.25) is 0 Å². The lowest BCUT2D eigenvalue weighted by molar-refractivity contribution is -0.140. The van der Waals surface area contributed by atoms with Crippen LogP contribution in [0.1, 0.15) is 36.0 Å². The molecule has 1 aromatic carbocycles. The maximum Gasteiger partial charge on any atom is 0.305 e. The number of methoxy groups -OCH3 is 1. The lowest BCUT2D eigenvalue weighted by Crippen LogP contribution is -2.02. The standard InChI is InChI=1S/C13H14BrFO3/c1-18-13(17)5-3-2-4-12(16)9-6-7-10(14)11(15)8-9/h6-8H,2-5H2,1H3. The second-order valence-electron chi connectivity index (χ2n) is 3.84. The van der Waals surface area contributed by atoms with Crippen molar-refractivity contribution in [2.24, 2.45) is 0 Å². The summed E-state index contributed by atoms with van der Waals surface area (Å²) >= 11 is 3.03. The normalized spacial score (nSPS) is 10.2. The molecule has 0 atom stereocenters. The minimum atomic E-state index is -0.449. The number of hydrogen-bond acceptors (Lipinski definition) is 3. The molecule has 0 spiro atoms. The van der Waals surface area contributed by atoms with E-state index in [0.29, 0.717) is 35.7 Å². The van der Waals surface area contributed by atoms with Gasteiger partial charge in [-0.15, -0.1) is 0 Å². The molecule has 0 aliphatic carbocycles. The molecular weight excluding hydrogens is 303 g/mol. The molecule has 0 aliphatic heterocycles. The second kappa shape index (κ2) is 7.26. The van der Waals surface area contributed by atoms with Crippen LogP contribution in [-0.2, 0) is 9.53 Å². The third-order valence-corrected chi connectivity index (χ3v) is 3.15. The molecule has 5 heteroatoms. The summed E-state index contributed by atoms with van der Waals surface area (Å²) in [5, 5.41) is 0. The van der Waals surface area contributed by atoms with Gasteiger partial charge in [0.1, 0.15) is 5.82 Å². The van der Waals surface area contributed by atoms with Gasteiger partial charge in [0.2, 0.25) is 0 Å². The number of unbranched alkanes of at least 4 members (excludes halogenated alkanes) is 1. The van der Waals surface area contributed by atoms with Gasteiger partial charge < -0.3 is 4.74 Å². The molecule has 0 fully saturated rings. The number of benzene rings is 1. The van der Waals surface area contributed by atoms with E-state index in [1.807, 2.05) is 0 Å². The van der Waals surface area contributed by atoms with Gasteiger partial charge in [-0.1, -0.05) is 6.07 Å². The zero-order chi connectivity index (χ0) is 13.5. The van der Waals surface area contributed by atoms with Crippen molar-refractivity contribution in [1.29, 1.82) is 0 Å². The third kappa shape index (κ3) is 4.56. The Kier molecular flexibility index (Phi) is 5.98. The molecule has 0 aromatic heterocycles. The van der Waals surface area contributed by atoms with E-state index in [2.05, 4.69) is 20.7 Å². The highest BCUT2D eigenvalue weighted by atomic mass is 79.9. The first kappa shape index (κ1) is 14.8. The van der Waals surface area contributed by atoms with E-state index < -0.39 is 5.82 Å². The minimum Gasteiger partial charge on any atom is -0.469 e. The van der Waals surface area contributed by atoms with Gasteiger partial charge in [-0.2, -0.15) is 0 Å². The molecule has 0 radical (unpaired) electrons. The molecule has 0 heterocycles. The molecule has 0 aliphatic rings. The Morgan fingerprint density at radius 1 is 1.28 bits per heavy atom. The maximum absolute atomic E-state index is 13.2. The van der Waals surface area contributed by atoms with Gasteiger partial charge in [-0.3, -0.25) is 9.59 Å². The fraction of sp³-hybridized carbons (Fsp3) is 0.385. The number of hydrogen-bond donors (Lipinski definition) is 0. The Bertz CT molecular complexity index is 446. The number of rotatable bonds is 6. The van der Waals surface area contributed by atoms with Gasteiger partial charge in [0.25, 0.3) is 0 Å². The van der Waals surface area contributed by atoms with E-state index in [1.54, 1.807) is 6.07 Å². The zero-order valence-electron chi connectivity index (χ0n) is 10.0. The fourth-order valence-electron chi connectivity index (χ4n) is 1.47. The number of halogens is 2. The van der Waals surface area contributed by atoms with Crippen LogP contribution in [0.3, 0.4) is 0 Å². The Hall–Kier alpha value is -1.23. The molecule has 0 saturated carbocycles. The summed E-state index contributed by atoms with van der Waals surface area (Å²) in [5.41, 5.74) is 0.355. The van der Waals surface area contributed by atoms with Crippen LogP contribution in [0.5, 0.6) is 0 Å². The van der Waals surface area contributed by atoms with Crippen molar-refractivity contribution in [3.63, 3.8) is 0 Å². The summed E-state index contributed by atoms with van der Waals surface area (Å²) in [6, 6.07) is 4.31. The van der Waals surface area contributed by atoms with Gasteiger partial charge in [0.15, 0.2) is 5.78 Å². The fourth-order valence-corrected chi connectivity index (χ4v) is 1.72. The number of ether oxygens (including phenoxy) is 1. The van der Waals surface area contributed by atoms with Gasteiger partial charge in [0, 0.05) is 18.4 Å². The van der Waals surface area contributed by atoms with Crippen LogP contribution in [0.4, 0.5) is 4.39 Å². The predicted octanol–water partition coefficient (Wildman–Crippen LogP) is 3.50. The van der Waals surface area contributed by atoms with E-state index in [0.717, 1.165) is 0 Å². The molecule has 3 nitrogen and oxygen atoms in total. The number of esters is 1. The van der Waals surface area contributed by atoms with Crippen LogP contribution in [-0.4, -0.2) is 18.9 Å². The Morgan fingerprint density at radius 2 is 1.94 bits per heavy atom. The topological polar surface area (TPSA) is 43.4 Å². The van der Waals surface area contributed by atoms with Gasteiger partial charge >= 0.3 is 5.97 Å². The summed E-state index contributed by atoms with van der Waals surface area (Å²) in [7, 11) is 1.33. The summed E-state index contributed by atoms with van der Waals surface area (Å²) in [6.07, 6.45) is 1.79. The first-order valence-electron chi connectivity index (χ1n) is 5.59. The van der Waals surface area contributed by atoms with Crippen molar-refractivity contribution in [3.05, 3.63) is 34.1 Å². The van der Waals surface area contributed by atoms with E-state index in [9.17, 15) is 14.0 Å². The third-order valence-electron chi connectivity index (χ3n) is 2.50. The molecule has 18 heavy (non-hydrogen) atoms. The molecule has 0 amide bonds. The monoisotopic (exact) mass is 316 g/mol. The molecule has 1 rings (SSSR count). The van der Waals surface area contributed by atoms with Crippen LogP contribution >= 0.6 is 15.9 Å². The Labute approximate surface area is 113 Å². The summed E-state index contributed by atoms with van der Waals surface area (Å²) < 4.78 is 18.0. The van der Waals surface area contributed by atoms with Crippen LogP contribution in [0.15, 0.2) is 22.7 Å². The van der Waals surface area contributed by atoms with Crippen molar-refractivity contribution in [2.45, 2.75) is 25.7 Å². The van der Waals surface area contributed by atoms with E-state index in [1.165, 1.54) is 19.2 Å². The first-order chi connectivity index (χ1) is 8.54. The molecule has 98 valence electrons. The van der Waals surface area contributed by atoms with Crippen LogP contribution in [0, 0.1) is 5.82 Å². The highest BCUT2D eigenvalue weighted by Crippen LogP contribution is 2.18. The quantitative estimate of drug-likeness (QED) is 0.458. The predicted molar refractivity (Wildman–Crippen MR) is 68.9 cm³/mol. The molecule has 0 saturated heterocycles. The minimum absolute atomic E-state index is 0.119. The smallest absolute Gasteiger partial charge is 0.305 e. The van der Waals surface area contributed by atoms with Crippen molar-refractivity contribution < 1.29 is 18.7 Å². The highest BCUT2D eigenvalue weighted by molar-refractivity contribution is 9.10. The molecule has 0 unspecified atom stereocenters. The Balaban J connectivity index is 2.41. The number of carbonyl (C=O) groups excluding carboxylic acids is 2. The van der Waals surface area contributed by atoms with E-state index in [4.69, 9.17) is 0 Å². The second-order valence-corrected chi connectivity index (χ2v) is 4.69. The average Bonchev–Trinajstić information content (AvgIpc) is 2.37. The van der Waals surface area contributed by atoms with Crippen LogP contribution < -0.4 is 0 Å². The first-order valence-corrected chi connectivity index (χ1v) is 6.39. The SMILES string of the molecule is COC(=O)CCCCC(=O)c1ccc(Br)c(F)c1.